The fourth-order valence-electron chi connectivity index (χ4n) is 6.39. The van der Waals surface area contributed by atoms with E-state index in [2.05, 4.69) is 18.7 Å². The Morgan fingerprint density at radius 3 is 2.42 bits per heavy atom. The number of nitrogens with two attached hydrogens (primary N) is 1. The van der Waals surface area contributed by atoms with Crippen molar-refractivity contribution in [1.29, 1.82) is 0 Å². The Morgan fingerprint density at radius 1 is 1.16 bits per heavy atom. The number of hydrogen-bond donors (Lipinski definition) is 5. The number of phenolic OH excluding ortho intramolecular Hbond substituents is 1. The van der Waals surface area contributed by atoms with Crippen LogP contribution in [0.3, 0.4) is 0 Å². The van der Waals surface area contributed by atoms with Crippen LogP contribution in [0, 0.1) is 11.8 Å². The van der Waals surface area contributed by atoms with Gasteiger partial charge in [0.2, 0.25) is 5.78 Å². The summed E-state index contributed by atoms with van der Waals surface area (Å²) in [6.45, 7) is 6.54. The smallest absolute Gasteiger partial charge is 0.255 e. The lowest BCUT2D eigenvalue weighted by molar-refractivity contribution is -0.147. The number of aliphatic hydroxyl groups excluding tert-OH is 2. The first-order valence-corrected chi connectivity index (χ1v) is 13.1. The van der Waals surface area contributed by atoms with Crippen LogP contribution in [0.4, 0.5) is 5.69 Å². The van der Waals surface area contributed by atoms with Crippen LogP contribution < -0.4 is 10.6 Å². The molecule has 0 bridgehead atoms. The first-order chi connectivity index (χ1) is 17.9. The number of carbonyl (C=O) groups is 3. The van der Waals surface area contributed by atoms with Crippen molar-refractivity contribution in [1.82, 2.24) is 4.90 Å². The second-order valence-electron chi connectivity index (χ2n) is 10.8. The van der Waals surface area contributed by atoms with Gasteiger partial charge in [0.05, 0.1) is 5.56 Å². The lowest BCUT2D eigenvalue weighted by Gasteiger charge is -2.46. The minimum Gasteiger partial charge on any atom is -0.508 e. The Bertz CT molecular complexity index is 1270. The standard InChI is InChI=1S/C28H37N3O7/c1-5-7-8-31(6-2)13-15-11-18(32)21-17(23(15)30(3)4)10-14-9-16-12-19(33)22(27(29)37)26(36)28(16,38)25(35)20(14)24(21)34/h11,14,16,32,34,36,38H,5-10,12-13H2,1-4H3,(H2,29,37)/t14?,16-,28-/m0/s1. The van der Waals surface area contributed by atoms with E-state index in [0.717, 1.165) is 37.2 Å². The highest BCUT2D eigenvalue weighted by molar-refractivity contribution is 6.22. The lowest BCUT2D eigenvalue weighted by Crippen LogP contribution is -2.58. The molecule has 1 unspecified atom stereocenters. The number of anilines is 1. The molecule has 0 saturated heterocycles. The van der Waals surface area contributed by atoms with Crippen molar-refractivity contribution in [2.75, 3.05) is 32.1 Å². The molecule has 10 nitrogen and oxygen atoms in total. The zero-order valence-electron chi connectivity index (χ0n) is 22.4. The molecule has 0 heterocycles. The fourth-order valence-corrected chi connectivity index (χ4v) is 6.39. The van der Waals surface area contributed by atoms with Crippen LogP contribution in [0.1, 0.15) is 56.2 Å². The maximum Gasteiger partial charge on any atom is 0.255 e. The minimum absolute atomic E-state index is 0.109. The van der Waals surface area contributed by atoms with Crippen molar-refractivity contribution in [3.05, 3.63) is 39.7 Å². The van der Waals surface area contributed by atoms with Crippen molar-refractivity contribution in [3.8, 4) is 5.75 Å². The topological polar surface area (TPSA) is 165 Å². The second-order valence-corrected chi connectivity index (χ2v) is 10.8. The van der Waals surface area contributed by atoms with E-state index >= 15 is 0 Å². The normalized spacial score (nSPS) is 24.9. The second kappa shape index (κ2) is 10.1. The van der Waals surface area contributed by atoms with Gasteiger partial charge >= 0.3 is 0 Å². The van der Waals surface area contributed by atoms with Gasteiger partial charge in [-0.15, -0.1) is 0 Å². The quantitative estimate of drug-likeness (QED) is 0.318. The highest BCUT2D eigenvalue weighted by atomic mass is 16.3. The summed E-state index contributed by atoms with van der Waals surface area (Å²) >= 11 is 0. The molecule has 38 heavy (non-hydrogen) atoms. The van der Waals surface area contributed by atoms with E-state index in [0.29, 0.717) is 12.1 Å². The van der Waals surface area contributed by atoms with Gasteiger partial charge in [0.1, 0.15) is 22.8 Å². The molecule has 0 spiro atoms. The number of aromatic hydroxyl groups is 1. The monoisotopic (exact) mass is 527 g/mol. The molecule has 0 radical (unpaired) electrons. The molecule has 0 aromatic heterocycles. The van der Waals surface area contributed by atoms with Crippen LogP contribution in [0.15, 0.2) is 23.0 Å². The molecule has 3 aliphatic carbocycles. The van der Waals surface area contributed by atoms with Gasteiger partial charge in [-0.2, -0.15) is 0 Å². The van der Waals surface area contributed by atoms with Crippen LogP contribution in [0.5, 0.6) is 5.75 Å². The minimum atomic E-state index is -2.56. The molecular formula is C28H37N3O7. The van der Waals surface area contributed by atoms with E-state index in [1.807, 2.05) is 19.0 Å². The van der Waals surface area contributed by atoms with Crippen LogP contribution in [0.25, 0.3) is 5.76 Å². The third kappa shape index (κ3) is 4.16. The van der Waals surface area contributed by atoms with E-state index in [4.69, 9.17) is 5.73 Å². The molecule has 4 rings (SSSR count). The van der Waals surface area contributed by atoms with Crippen LogP contribution in [-0.4, -0.2) is 75.6 Å². The summed E-state index contributed by atoms with van der Waals surface area (Å²) < 4.78 is 0. The maximum atomic E-state index is 13.7. The number of nitrogens with zero attached hydrogens (tertiary/aromatic N) is 2. The zero-order chi connectivity index (χ0) is 28.1. The summed E-state index contributed by atoms with van der Waals surface area (Å²) in [5.41, 5.74) is 4.28. The zero-order valence-corrected chi connectivity index (χ0v) is 22.4. The van der Waals surface area contributed by atoms with Crippen LogP contribution >= 0.6 is 0 Å². The summed E-state index contributed by atoms with van der Waals surface area (Å²) in [4.78, 5) is 42.3. The van der Waals surface area contributed by atoms with Crippen molar-refractivity contribution in [3.63, 3.8) is 0 Å². The molecule has 206 valence electrons. The highest BCUT2D eigenvalue weighted by Crippen LogP contribution is 2.53. The number of benzene rings is 1. The SMILES string of the molecule is CCCCN(CC)Cc1cc(O)c2c(c1N(C)C)CC1C[C@H]3CC(=O)C(C(N)=O)=C(O)[C@@]3(O)C(=O)C1=C2O. The van der Waals surface area contributed by atoms with Crippen molar-refractivity contribution >= 4 is 28.9 Å². The predicted octanol–water partition coefficient (Wildman–Crippen LogP) is 2.11. The van der Waals surface area contributed by atoms with Gasteiger partial charge in [-0.1, -0.05) is 20.3 Å². The predicted molar refractivity (Wildman–Crippen MR) is 142 cm³/mol. The van der Waals surface area contributed by atoms with Crippen LogP contribution in [-0.2, 0) is 27.3 Å². The van der Waals surface area contributed by atoms with Gasteiger partial charge in [-0.3, -0.25) is 19.3 Å². The van der Waals surface area contributed by atoms with Gasteiger partial charge in [0.15, 0.2) is 11.4 Å². The number of unbranched alkanes of at least 4 members (excludes halogenated alkanes) is 1. The van der Waals surface area contributed by atoms with Gasteiger partial charge in [0.25, 0.3) is 5.91 Å². The van der Waals surface area contributed by atoms with E-state index in [1.165, 1.54) is 0 Å². The van der Waals surface area contributed by atoms with E-state index < -0.39 is 52.0 Å². The molecule has 1 saturated carbocycles. The molecule has 3 atom stereocenters. The first-order valence-electron chi connectivity index (χ1n) is 13.1. The Kier molecular flexibility index (Phi) is 7.33. The molecule has 0 aliphatic heterocycles. The molecule has 1 aromatic carbocycles. The number of primary amides is 1. The molecular weight excluding hydrogens is 490 g/mol. The molecule has 1 amide bonds. The summed E-state index contributed by atoms with van der Waals surface area (Å²) in [6.07, 6.45) is 2.16. The molecule has 1 fully saturated rings. The Balaban J connectivity index is 1.86. The summed E-state index contributed by atoms with van der Waals surface area (Å²) in [6, 6.07) is 1.60. The molecule has 1 aromatic rings. The van der Waals surface area contributed by atoms with Crippen molar-refractivity contribution < 1.29 is 34.8 Å². The number of phenols is 1. The average Bonchev–Trinajstić information content (AvgIpc) is 2.83. The summed E-state index contributed by atoms with van der Waals surface area (Å²) in [5.74, 6) is -6.23. The Morgan fingerprint density at radius 2 is 1.84 bits per heavy atom. The van der Waals surface area contributed by atoms with E-state index in [-0.39, 0.29) is 36.1 Å². The first kappa shape index (κ1) is 27.7. The van der Waals surface area contributed by atoms with E-state index in [1.54, 1.807) is 6.07 Å². The Labute approximate surface area is 222 Å². The molecule has 6 N–H and O–H groups in total. The average molecular weight is 528 g/mol. The largest absolute Gasteiger partial charge is 0.508 e. The van der Waals surface area contributed by atoms with Gasteiger partial charge < -0.3 is 31.1 Å². The molecule has 10 heteroatoms. The number of fused-ring (bicyclic) bond motifs is 3. The van der Waals surface area contributed by atoms with Crippen LogP contribution in [0.2, 0.25) is 0 Å². The number of carbonyl (C=O) groups excluding carboxylic acids is 3. The Hall–Kier alpha value is -3.37. The number of ketones is 2. The third-order valence-electron chi connectivity index (χ3n) is 8.23. The fraction of sp³-hybridized carbons (Fsp3) is 0.536. The highest BCUT2D eigenvalue weighted by Gasteiger charge is 2.60. The number of aliphatic hydroxyl groups is 3. The summed E-state index contributed by atoms with van der Waals surface area (Å²) in [7, 11) is 3.76. The number of amides is 1. The van der Waals surface area contributed by atoms with E-state index in [9.17, 15) is 34.8 Å². The van der Waals surface area contributed by atoms with Gasteiger partial charge in [0, 0.05) is 44.2 Å². The number of hydrogen-bond acceptors (Lipinski definition) is 9. The van der Waals surface area contributed by atoms with Gasteiger partial charge in [-0.05, 0) is 55.5 Å². The number of Topliss-reactive ketones (excluding diaryl/α,β-unsaturated/α-hetero) is 2. The maximum absolute atomic E-state index is 13.7. The van der Waals surface area contributed by atoms with Gasteiger partial charge in [-0.25, -0.2) is 0 Å². The lowest BCUT2D eigenvalue weighted by atomic mass is 9.59. The molecule has 3 aliphatic rings. The number of rotatable bonds is 8. The van der Waals surface area contributed by atoms with Crippen molar-refractivity contribution in [2.24, 2.45) is 17.6 Å². The summed E-state index contributed by atoms with van der Waals surface area (Å²) in [5, 5.41) is 44.5. The van der Waals surface area contributed by atoms with Crippen molar-refractivity contribution in [2.45, 2.75) is 58.1 Å². The third-order valence-corrected chi connectivity index (χ3v) is 8.23.